The first-order valence-electron chi connectivity index (χ1n) is 8.07. The third-order valence-corrected chi connectivity index (χ3v) is 4.69. The molecule has 7 heteroatoms. The topological polar surface area (TPSA) is 84.7 Å². The first-order valence-corrected chi connectivity index (χ1v) is 8.07. The van der Waals surface area contributed by atoms with Crippen molar-refractivity contribution in [3.8, 4) is 0 Å². The molecule has 0 radical (unpaired) electrons. The summed E-state index contributed by atoms with van der Waals surface area (Å²) >= 11 is 0. The zero-order chi connectivity index (χ0) is 16.4. The van der Waals surface area contributed by atoms with Crippen molar-refractivity contribution >= 4 is 17.3 Å². The lowest BCUT2D eigenvalue weighted by Crippen LogP contribution is -2.53. The number of hydrogen-bond donors (Lipinski definition) is 1. The second-order valence-corrected chi connectivity index (χ2v) is 6.04. The minimum atomic E-state index is -0.391. The Balaban J connectivity index is 1.93. The van der Waals surface area contributed by atoms with E-state index in [-0.39, 0.29) is 23.6 Å². The van der Waals surface area contributed by atoms with E-state index >= 15 is 0 Å². The molecule has 2 aliphatic rings. The van der Waals surface area contributed by atoms with Gasteiger partial charge in [0.25, 0.3) is 5.69 Å². The summed E-state index contributed by atoms with van der Waals surface area (Å²) in [5.74, 6) is -0.378. The van der Waals surface area contributed by atoms with Crippen molar-refractivity contribution in [2.24, 2.45) is 5.92 Å². The molecule has 0 aromatic heterocycles. The number of piperidine rings is 1. The Kier molecular flexibility index (Phi) is 4.47. The Morgan fingerprint density at radius 3 is 3.04 bits per heavy atom. The summed E-state index contributed by atoms with van der Waals surface area (Å²) in [7, 11) is 0. The highest BCUT2D eigenvalue weighted by Crippen LogP contribution is 2.39. The van der Waals surface area contributed by atoms with E-state index in [1.54, 1.807) is 12.1 Å². The van der Waals surface area contributed by atoms with Crippen molar-refractivity contribution in [2.75, 3.05) is 18.1 Å². The van der Waals surface area contributed by atoms with Crippen LogP contribution in [0.1, 0.15) is 31.7 Å². The molecule has 1 saturated heterocycles. The number of benzene rings is 1. The fraction of sp³-hybridized carbons (Fsp3) is 0.562. The predicted molar refractivity (Wildman–Crippen MR) is 85.0 cm³/mol. The maximum Gasteiger partial charge on any atom is 0.269 e. The average Bonchev–Trinajstić information content (AvgIpc) is 2.58. The maximum atomic E-state index is 12.4. The van der Waals surface area contributed by atoms with Crippen molar-refractivity contribution in [2.45, 2.75) is 38.6 Å². The highest BCUT2D eigenvalue weighted by atomic mass is 16.6. The molecular formula is C16H21N3O4. The lowest BCUT2D eigenvalue weighted by Gasteiger charge is -2.45. The van der Waals surface area contributed by atoms with E-state index in [9.17, 15) is 14.9 Å². The molecule has 1 N–H and O–H groups in total. The van der Waals surface area contributed by atoms with Crippen molar-refractivity contribution in [1.29, 1.82) is 0 Å². The molecule has 2 heterocycles. The van der Waals surface area contributed by atoms with Crippen LogP contribution >= 0.6 is 0 Å². The summed E-state index contributed by atoms with van der Waals surface area (Å²) in [5.41, 5.74) is 4.47. The molecule has 7 nitrogen and oxygen atoms in total. The number of hydrogen-bond acceptors (Lipinski definition) is 5. The predicted octanol–water partition coefficient (Wildman–Crippen LogP) is 2.19. The number of non-ortho nitro benzene ring substituents is 1. The SMILES string of the molecule is CCONC(=O)[C@@H]1Cc2cc([N+](=O)[O-])ccc2N2CCCC[C@@H]12. The van der Waals surface area contributed by atoms with Crippen LogP contribution in [0.3, 0.4) is 0 Å². The second kappa shape index (κ2) is 6.54. The van der Waals surface area contributed by atoms with E-state index in [2.05, 4.69) is 10.4 Å². The lowest BCUT2D eigenvalue weighted by molar-refractivity contribution is -0.384. The van der Waals surface area contributed by atoms with Gasteiger partial charge in [-0.2, -0.15) is 0 Å². The lowest BCUT2D eigenvalue weighted by atomic mass is 9.80. The molecule has 1 fully saturated rings. The van der Waals surface area contributed by atoms with E-state index in [1.807, 2.05) is 13.0 Å². The van der Waals surface area contributed by atoms with E-state index in [1.165, 1.54) is 0 Å². The number of rotatable bonds is 4. The summed E-state index contributed by atoms with van der Waals surface area (Å²) in [6.45, 7) is 3.11. The van der Waals surface area contributed by atoms with Gasteiger partial charge in [0.1, 0.15) is 0 Å². The van der Waals surface area contributed by atoms with Gasteiger partial charge >= 0.3 is 0 Å². The molecule has 0 unspecified atom stereocenters. The van der Waals surface area contributed by atoms with Gasteiger partial charge < -0.3 is 4.90 Å². The van der Waals surface area contributed by atoms with Crippen LogP contribution in [0.4, 0.5) is 11.4 Å². The van der Waals surface area contributed by atoms with Crippen LogP contribution in [-0.2, 0) is 16.1 Å². The molecule has 1 aromatic carbocycles. The first-order chi connectivity index (χ1) is 11.1. The molecule has 23 heavy (non-hydrogen) atoms. The van der Waals surface area contributed by atoms with Crippen LogP contribution in [0.2, 0.25) is 0 Å². The fourth-order valence-corrected chi connectivity index (χ4v) is 3.66. The molecule has 2 aliphatic heterocycles. The normalized spacial score (nSPS) is 22.9. The number of carbonyl (C=O) groups excluding carboxylic acids is 1. The van der Waals surface area contributed by atoms with Crippen LogP contribution in [0.5, 0.6) is 0 Å². The molecule has 1 aromatic rings. The number of nitrogens with one attached hydrogen (secondary N) is 1. The van der Waals surface area contributed by atoms with Crippen molar-refractivity contribution in [3.63, 3.8) is 0 Å². The molecular weight excluding hydrogens is 298 g/mol. The summed E-state index contributed by atoms with van der Waals surface area (Å²) in [6, 6.07) is 5.10. The monoisotopic (exact) mass is 319 g/mol. The summed E-state index contributed by atoms with van der Waals surface area (Å²) in [6.07, 6.45) is 3.65. The highest BCUT2D eigenvalue weighted by molar-refractivity contribution is 5.81. The van der Waals surface area contributed by atoms with Gasteiger partial charge in [-0.1, -0.05) is 0 Å². The van der Waals surface area contributed by atoms with Gasteiger partial charge in [0.2, 0.25) is 5.91 Å². The zero-order valence-electron chi connectivity index (χ0n) is 13.2. The molecule has 0 bridgehead atoms. The number of amides is 1. The van der Waals surface area contributed by atoms with Gasteiger partial charge in [0.15, 0.2) is 0 Å². The van der Waals surface area contributed by atoms with E-state index in [0.29, 0.717) is 13.0 Å². The largest absolute Gasteiger partial charge is 0.368 e. The fourth-order valence-electron chi connectivity index (χ4n) is 3.66. The molecule has 1 amide bonds. The molecule has 0 saturated carbocycles. The molecule has 0 aliphatic carbocycles. The minimum absolute atomic E-state index is 0.0724. The van der Waals surface area contributed by atoms with Crippen molar-refractivity contribution in [1.82, 2.24) is 5.48 Å². The number of hydroxylamine groups is 1. The number of fused-ring (bicyclic) bond motifs is 3. The van der Waals surface area contributed by atoms with E-state index in [0.717, 1.165) is 37.1 Å². The standard InChI is InChI=1S/C16H21N3O4/c1-2-23-17-16(20)13-10-11-9-12(19(21)22)6-7-14(11)18-8-4-3-5-15(13)18/h6-7,9,13,15H,2-5,8,10H2,1H3,(H,17,20)/t13-,15+/m1/s1. The first kappa shape index (κ1) is 15.7. The van der Waals surface area contributed by atoms with Gasteiger partial charge in [-0.05, 0) is 44.2 Å². The van der Waals surface area contributed by atoms with Gasteiger partial charge in [-0.25, -0.2) is 5.48 Å². The van der Waals surface area contributed by atoms with E-state index in [4.69, 9.17) is 4.84 Å². The van der Waals surface area contributed by atoms with Gasteiger partial charge in [-0.15, -0.1) is 0 Å². The summed E-state index contributed by atoms with van der Waals surface area (Å²) < 4.78 is 0. The van der Waals surface area contributed by atoms with Crippen molar-refractivity contribution in [3.05, 3.63) is 33.9 Å². The molecule has 2 atom stereocenters. The number of anilines is 1. The van der Waals surface area contributed by atoms with Crippen LogP contribution in [0.15, 0.2) is 18.2 Å². The zero-order valence-corrected chi connectivity index (χ0v) is 13.2. The third-order valence-electron chi connectivity index (χ3n) is 4.69. The smallest absolute Gasteiger partial charge is 0.269 e. The van der Waals surface area contributed by atoms with Crippen LogP contribution in [-0.4, -0.2) is 30.0 Å². The molecule has 124 valence electrons. The maximum absolute atomic E-state index is 12.4. The Morgan fingerprint density at radius 2 is 2.30 bits per heavy atom. The molecule has 3 rings (SSSR count). The highest BCUT2D eigenvalue weighted by Gasteiger charge is 2.40. The average molecular weight is 319 g/mol. The van der Waals surface area contributed by atoms with Gasteiger partial charge in [0.05, 0.1) is 17.4 Å². The summed E-state index contributed by atoms with van der Waals surface area (Å²) in [5, 5.41) is 11.0. The quantitative estimate of drug-likeness (QED) is 0.679. The van der Waals surface area contributed by atoms with Crippen LogP contribution < -0.4 is 10.4 Å². The van der Waals surface area contributed by atoms with Crippen molar-refractivity contribution < 1.29 is 14.6 Å². The minimum Gasteiger partial charge on any atom is -0.368 e. The van der Waals surface area contributed by atoms with Crippen LogP contribution in [0, 0.1) is 16.0 Å². The van der Waals surface area contributed by atoms with Gasteiger partial charge in [0, 0.05) is 30.4 Å². The molecule has 0 spiro atoms. The Hall–Kier alpha value is -2.15. The number of carbonyl (C=O) groups is 1. The third kappa shape index (κ3) is 3.01. The second-order valence-electron chi connectivity index (χ2n) is 6.04. The van der Waals surface area contributed by atoms with E-state index < -0.39 is 4.92 Å². The number of nitro benzene ring substituents is 1. The Bertz CT molecular complexity index is 619. The Labute approximate surface area is 134 Å². The number of nitro groups is 1. The summed E-state index contributed by atoms with van der Waals surface area (Å²) in [4.78, 5) is 30.4. The van der Waals surface area contributed by atoms with Gasteiger partial charge in [-0.3, -0.25) is 19.7 Å². The van der Waals surface area contributed by atoms with Crippen LogP contribution in [0.25, 0.3) is 0 Å². The number of nitrogens with zero attached hydrogens (tertiary/aromatic N) is 2. The Morgan fingerprint density at radius 1 is 1.48 bits per heavy atom.